The summed E-state index contributed by atoms with van der Waals surface area (Å²) in [5.74, 6) is -2.57. The predicted octanol–water partition coefficient (Wildman–Crippen LogP) is 4.21. The van der Waals surface area contributed by atoms with Gasteiger partial charge in [0.25, 0.3) is 5.78 Å². The fraction of sp³-hybridized carbons (Fsp3) is 0.182. The van der Waals surface area contributed by atoms with E-state index in [9.17, 15) is 19.2 Å². The van der Waals surface area contributed by atoms with Gasteiger partial charge >= 0.3 is 28.6 Å². The molecule has 17 heteroatoms. The molecule has 3 heterocycles. The Morgan fingerprint density at radius 1 is 1.08 bits per heavy atom. The third-order valence-corrected chi connectivity index (χ3v) is 3.93. The Balaban J connectivity index is 0. The average Bonchev–Trinajstić information content (AvgIpc) is 3.55. The quantitative estimate of drug-likeness (QED) is 0.0801. The molecule has 0 bridgehead atoms. The number of fused-ring (bicyclic) bond motifs is 1. The highest BCUT2D eigenvalue weighted by Gasteiger charge is 2.20. The molecule has 0 saturated heterocycles. The number of pyridine rings is 1. The van der Waals surface area contributed by atoms with Crippen molar-refractivity contribution in [1.82, 2.24) is 15.0 Å². The van der Waals surface area contributed by atoms with Crippen molar-refractivity contribution in [2.45, 2.75) is 6.92 Å². The summed E-state index contributed by atoms with van der Waals surface area (Å²) in [6.07, 6.45) is 10.2. The number of ketones is 1. The van der Waals surface area contributed by atoms with Crippen LogP contribution in [0.15, 0.2) is 41.9 Å². The number of carbonyl (C=O) groups is 4. The van der Waals surface area contributed by atoms with Crippen LogP contribution in [-0.2, 0) is 23.9 Å². The number of nitrogens with one attached hydrogen (secondary N) is 2. The van der Waals surface area contributed by atoms with Gasteiger partial charge in [-0.2, -0.15) is 0 Å². The number of rotatable bonds is 4. The molecule has 3 aromatic rings. The van der Waals surface area contributed by atoms with Gasteiger partial charge in [-0.1, -0.05) is 6.08 Å². The molecular weight excluding hydrogens is 656 g/mol. The van der Waals surface area contributed by atoms with Gasteiger partial charge < -0.3 is 19.4 Å². The van der Waals surface area contributed by atoms with Crippen molar-refractivity contribution in [3.8, 4) is 0 Å². The third kappa shape index (κ3) is 17.3. The minimum absolute atomic E-state index is 0.194. The number of aliphatic imine (C=N–C) groups is 1. The SMILES string of the molecule is C=N/C=c1/cc[nH]/c1=C/C.COC(=O)C(=O)Cl.COC(=O)C(=O)c1c[nH]c2ccncc12.ClCCl.[Cl][Al]([Cl])[Cl]. The number of nitrogens with zero attached hydrogens (tertiary/aromatic N) is 2. The molecule has 0 aliphatic rings. The van der Waals surface area contributed by atoms with E-state index in [0.29, 0.717) is 5.39 Å². The van der Waals surface area contributed by atoms with Crippen LogP contribution in [-0.4, -0.2) is 75.6 Å². The Bertz CT molecular complexity index is 1310. The molecule has 0 saturated carbocycles. The molecule has 0 fully saturated rings. The molecule has 0 aliphatic heterocycles. The van der Waals surface area contributed by atoms with Gasteiger partial charge in [0.2, 0.25) is 0 Å². The van der Waals surface area contributed by atoms with Crippen LogP contribution in [0.25, 0.3) is 23.2 Å². The van der Waals surface area contributed by atoms with Crippen molar-refractivity contribution in [3.05, 3.63) is 53.1 Å². The van der Waals surface area contributed by atoms with Crippen LogP contribution in [0.2, 0.25) is 0 Å². The summed E-state index contributed by atoms with van der Waals surface area (Å²) < 4.78 is 8.25. The van der Waals surface area contributed by atoms with Crippen LogP contribution >= 0.6 is 65.0 Å². The molecule has 0 spiro atoms. The Kier molecular flexibility index (Phi) is 23.8. The number of aromatic nitrogens is 3. The number of ether oxygens (including phenoxy) is 2. The second-order valence-electron chi connectivity index (χ2n) is 6.01. The van der Waals surface area contributed by atoms with Crippen LogP contribution in [0.5, 0.6) is 0 Å². The van der Waals surface area contributed by atoms with E-state index in [2.05, 4.69) is 47.7 Å². The Morgan fingerprint density at radius 2 is 1.64 bits per heavy atom. The van der Waals surface area contributed by atoms with Gasteiger partial charge in [-0.05, 0) is 37.4 Å². The molecule has 3 rings (SSSR count). The molecule has 10 nitrogen and oxygen atoms in total. The monoisotopic (exact) mass is 676 g/mol. The maximum atomic E-state index is 11.5. The van der Waals surface area contributed by atoms with Gasteiger partial charge in [-0.15, -0.1) is 23.2 Å². The standard InChI is InChI=1S/C10H8N2O3.C8H10N2.C3H3ClO3.CH2Cl2.Al.3ClH/c1-15-10(14)9(13)7-5-12-8-2-3-11-4-6(7)8;1-3-8-7(6-9-2)4-5-10-8;1-7-3(6)2(4)5;2-1-3;;;;/h2-5,12H,1H3;3-6,10H,2H2,1H3;1H3;1H2;;3*1H/q;;;;+3;;;/p-3/b;7-6-,8-3+;;;;;;. The molecule has 0 atom stereocenters. The van der Waals surface area contributed by atoms with E-state index in [4.69, 9.17) is 53.3 Å². The number of carbonyl (C=O) groups excluding carboxylic acids is 4. The molecule has 212 valence electrons. The molecule has 0 amide bonds. The molecule has 2 N–H and O–H groups in total. The van der Waals surface area contributed by atoms with E-state index >= 15 is 0 Å². The summed E-state index contributed by atoms with van der Waals surface area (Å²) in [5, 5.41) is 1.89. The van der Waals surface area contributed by atoms with Crippen molar-refractivity contribution in [1.29, 1.82) is 0 Å². The summed E-state index contributed by atoms with van der Waals surface area (Å²) in [4.78, 5) is 55.6. The first kappa shape index (κ1) is 39.1. The lowest BCUT2D eigenvalue weighted by atomic mass is 10.1. The smallest absolute Gasteiger partial charge is 0.463 e. The van der Waals surface area contributed by atoms with Crippen LogP contribution in [0.4, 0.5) is 0 Å². The third-order valence-electron chi connectivity index (χ3n) is 3.78. The summed E-state index contributed by atoms with van der Waals surface area (Å²) >= 11 is 12.4. The number of esters is 2. The number of halogens is 6. The molecule has 39 heavy (non-hydrogen) atoms. The predicted molar refractivity (Wildman–Crippen MR) is 159 cm³/mol. The highest BCUT2D eigenvalue weighted by Crippen LogP contribution is 2.17. The van der Waals surface area contributed by atoms with Crippen molar-refractivity contribution in [2.24, 2.45) is 4.99 Å². The van der Waals surface area contributed by atoms with E-state index in [-0.39, 0.29) is 10.9 Å². The highest BCUT2D eigenvalue weighted by molar-refractivity contribution is 7.54. The lowest BCUT2D eigenvalue weighted by molar-refractivity contribution is -0.148. The van der Waals surface area contributed by atoms with Gasteiger partial charge in [0.05, 0.1) is 25.1 Å². The van der Waals surface area contributed by atoms with Crippen LogP contribution in [0.3, 0.4) is 0 Å². The molecule has 3 aromatic heterocycles. The maximum absolute atomic E-state index is 11.5. The number of alkyl halides is 2. The number of H-pyrrole nitrogens is 2. The second kappa shape index (κ2) is 23.8. The van der Waals surface area contributed by atoms with Gasteiger partial charge in [0.1, 0.15) is 0 Å². The number of aromatic amines is 2. The summed E-state index contributed by atoms with van der Waals surface area (Å²) in [6, 6.07) is 3.69. The lowest BCUT2D eigenvalue weighted by Crippen LogP contribution is -2.20. The summed E-state index contributed by atoms with van der Waals surface area (Å²) in [5.41, 5.74) is 1.04. The van der Waals surface area contributed by atoms with Crippen LogP contribution in [0, 0.1) is 0 Å². The van der Waals surface area contributed by atoms with Crippen molar-refractivity contribution in [2.75, 3.05) is 19.6 Å². The van der Waals surface area contributed by atoms with Crippen molar-refractivity contribution >= 4 is 129 Å². The van der Waals surface area contributed by atoms with Crippen molar-refractivity contribution in [3.63, 3.8) is 0 Å². The fourth-order valence-corrected chi connectivity index (χ4v) is 2.37. The topological polar surface area (TPSA) is 144 Å². The van der Waals surface area contributed by atoms with E-state index in [0.717, 1.165) is 23.2 Å². The minimum Gasteiger partial charge on any atom is -0.463 e. The van der Waals surface area contributed by atoms with Crippen LogP contribution < -0.4 is 10.6 Å². The van der Waals surface area contributed by atoms with Crippen molar-refractivity contribution < 1.29 is 28.7 Å². The lowest BCUT2D eigenvalue weighted by Gasteiger charge is -1.95. The maximum Gasteiger partial charge on any atom is 0.643 e. The number of hydrogen-bond donors (Lipinski definition) is 2. The average molecular weight is 679 g/mol. The van der Waals surface area contributed by atoms with E-state index in [1.807, 2.05) is 25.3 Å². The Morgan fingerprint density at radius 3 is 2.08 bits per heavy atom. The molecular formula is C22H23AlCl6N4O6. The molecule has 0 aromatic carbocycles. The largest absolute Gasteiger partial charge is 0.643 e. The first-order valence-corrected chi connectivity index (χ1v) is 16.7. The zero-order valence-corrected chi connectivity index (χ0v) is 26.4. The fourth-order valence-electron chi connectivity index (χ4n) is 2.29. The molecule has 0 unspecified atom stereocenters. The highest BCUT2D eigenvalue weighted by atomic mass is 35.8. The van der Waals surface area contributed by atoms with E-state index < -0.39 is 34.3 Å². The molecule has 0 aliphatic carbocycles. The van der Waals surface area contributed by atoms with Gasteiger partial charge in [-0.25, -0.2) is 39.7 Å². The second-order valence-corrected chi connectivity index (χ2v) is 13.6. The van der Waals surface area contributed by atoms with Gasteiger partial charge in [0, 0.05) is 52.5 Å². The zero-order chi connectivity index (χ0) is 30.4. The normalized spacial score (nSPS) is 10.1. The number of Topliss-reactive ketones (excluding diaryl/α,β-unsaturated/α-hetero) is 1. The number of methoxy groups -OCH3 is 2. The number of hydrogen-bond acceptors (Lipinski definition) is 8. The van der Waals surface area contributed by atoms with E-state index in [1.54, 1.807) is 18.5 Å². The zero-order valence-electron chi connectivity index (χ0n) is 20.7. The summed E-state index contributed by atoms with van der Waals surface area (Å²) in [7, 11) is 17.1. The van der Waals surface area contributed by atoms with Gasteiger partial charge in [-0.3, -0.25) is 19.6 Å². The Hall–Kier alpha value is -2.07. The van der Waals surface area contributed by atoms with Gasteiger partial charge in [0.15, 0.2) is 0 Å². The molecule has 0 radical (unpaired) electrons. The Labute approximate surface area is 255 Å². The first-order valence-electron chi connectivity index (χ1n) is 10.1. The minimum atomic E-state index is -1.72. The first-order chi connectivity index (χ1) is 18.4. The van der Waals surface area contributed by atoms with E-state index in [1.165, 1.54) is 19.5 Å². The van der Waals surface area contributed by atoms with Crippen LogP contribution in [0.1, 0.15) is 17.3 Å². The summed E-state index contributed by atoms with van der Waals surface area (Å²) in [6.45, 7) is 5.36.